The molecular formula is C14H23N3O2S. The van der Waals surface area contributed by atoms with Gasteiger partial charge in [-0.3, -0.25) is 0 Å². The van der Waals surface area contributed by atoms with Crippen LogP contribution in [0.15, 0.2) is 24.3 Å². The minimum absolute atomic E-state index is 0.175. The van der Waals surface area contributed by atoms with E-state index < -0.39 is 10.0 Å². The lowest BCUT2D eigenvalue weighted by atomic mass is 10.2. The van der Waals surface area contributed by atoms with Crippen LogP contribution in [0.25, 0.3) is 0 Å². The van der Waals surface area contributed by atoms with E-state index >= 15 is 0 Å². The molecule has 2 rings (SSSR count). The fourth-order valence-corrected chi connectivity index (χ4v) is 3.85. The van der Waals surface area contributed by atoms with Crippen molar-refractivity contribution in [2.75, 3.05) is 50.4 Å². The van der Waals surface area contributed by atoms with Crippen LogP contribution in [0.2, 0.25) is 0 Å². The van der Waals surface area contributed by atoms with Gasteiger partial charge in [-0.15, -0.1) is 0 Å². The van der Waals surface area contributed by atoms with Crippen LogP contribution in [-0.2, 0) is 10.0 Å². The van der Waals surface area contributed by atoms with Gasteiger partial charge in [-0.05, 0) is 31.7 Å². The van der Waals surface area contributed by atoms with Gasteiger partial charge in [0.15, 0.2) is 0 Å². The normalized spacial score (nSPS) is 17.4. The highest BCUT2D eigenvalue weighted by molar-refractivity contribution is 7.89. The highest BCUT2D eigenvalue weighted by Crippen LogP contribution is 2.18. The summed E-state index contributed by atoms with van der Waals surface area (Å²) >= 11 is 0. The number of nitrogens with zero attached hydrogens (tertiary/aromatic N) is 2. The van der Waals surface area contributed by atoms with E-state index in [1.807, 2.05) is 6.07 Å². The molecule has 1 aliphatic heterocycles. The summed E-state index contributed by atoms with van der Waals surface area (Å²) in [7, 11) is -1.35. The molecule has 5 nitrogen and oxygen atoms in total. The van der Waals surface area contributed by atoms with Crippen molar-refractivity contribution in [3.05, 3.63) is 29.8 Å². The second kappa shape index (κ2) is 6.56. The van der Waals surface area contributed by atoms with Crippen molar-refractivity contribution in [2.24, 2.45) is 0 Å². The van der Waals surface area contributed by atoms with Gasteiger partial charge in [-0.1, -0.05) is 12.1 Å². The Kier molecular flexibility index (Phi) is 5.01. The summed E-state index contributed by atoms with van der Waals surface area (Å²) in [4.78, 5) is 2.25. The average Bonchev–Trinajstić information content (AvgIpc) is 2.45. The van der Waals surface area contributed by atoms with Crippen molar-refractivity contribution in [3.63, 3.8) is 0 Å². The number of hydrogen-bond donors (Lipinski definition) is 1. The molecule has 0 aromatic heterocycles. The van der Waals surface area contributed by atoms with Gasteiger partial charge in [0.1, 0.15) is 0 Å². The van der Waals surface area contributed by atoms with Crippen LogP contribution in [0.4, 0.5) is 5.69 Å². The summed E-state index contributed by atoms with van der Waals surface area (Å²) in [6.45, 7) is 5.22. The van der Waals surface area contributed by atoms with Crippen molar-refractivity contribution >= 4 is 15.7 Å². The van der Waals surface area contributed by atoms with Gasteiger partial charge in [0.25, 0.3) is 0 Å². The molecule has 0 saturated carbocycles. The summed E-state index contributed by atoms with van der Waals surface area (Å²) in [6, 6.07) is 8.34. The minimum atomic E-state index is -3.12. The van der Waals surface area contributed by atoms with E-state index in [2.05, 4.69) is 35.3 Å². The van der Waals surface area contributed by atoms with Crippen LogP contribution in [0.5, 0.6) is 0 Å². The predicted octanol–water partition coefficient (Wildman–Crippen LogP) is 0.666. The number of rotatable bonds is 5. The largest absolute Gasteiger partial charge is 0.369 e. The van der Waals surface area contributed by atoms with Crippen LogP contribution in [-0.4, -0.2) is 58.2 Å². The summed E-state index contributed by atoms with van der Waals surface area (Å²) in [5, 5.41) is 2.89. The molecule has 0 amide bonds. The zero-order valence-corrected chi connectivity index (χ0v) is 13.0. The van der Waals surface area contributed by atoms with E-state index in [0.29, 0.717) is 19.6 Å². The number of nitrogens with one attached hydrogen (secondary N) is 1. The fraction of sp³-hybridized carbons (Fsp3) is 0.571. The molecule has 112 valence electrons. The number of benzene rings is 1. The first-order valence-corrected chi connectivity index (χ1v) is 8.58. The van der Waals surface area contributed by atoms with Crippen molar-refractivity contribution in [1.29, 1.82) is 0 Å². The van der Waals surface area contributed by atoms with Crippen LogP contribution >= 0.6 is 0 Å². The molecule has 0 aliphatic carbocycles. The Morgan fingerprint density at radius 3 is 2.50 bits per heavy atom. The molecule has 0 radical (unpaired) electrons. The van der Waals surface area contributed by atoms with Crippen LogP contribution in [0.1, 0.15) is 5.56 Å². The quantitative estimate of drug-likeness (QED) is 0.868. The highest BCUT2D eigenvalue weighted by atomic mass is 32.2. The maximum absolute atomic E-state index is 12.1. The molecule has 0 atom stereocenters. The Morgan fingerprint density at radius 1 is 1.20 bits per heavy atom. The number of sulfonamides is 1. The highest BCUT2D eigenvalue weighted by Gasteiger charge is 2.26. The Morgan fingerprint density at radius 2 is 1.90 bits per heavy atom. The first-order chi connectivity index (χ1) is 9.53. The van der Waals surface area contributed by atoms with Gasteiger partial charge in [-0.25, -0.2) is 8.42 Å². The van der Waals surface area contributed by atoms with E-state index in [-0.39, 0.29) is 5.75 Å². The van der Waals surface area contributed by atoms with Gasteiger partial charge in [0.05, 0.1) is 5.75 Å². The molecule has 1 heterocycles. The van der Waals surface area contributed by atoms with E-state index in [9.17, 15) is 8.42 Å². The molecule has 20 heavy (non-hydrogen) atoms. The van der Waals surface area contributed by atoms with Crippen LogP contribution < -0.4 is 10.2 Å². The SMILES string of the molecule is CNCCS(=O)(=O)N1CCN(c2cccc(C)c2)CC1. The number of anilines is 1. The molecular weight excluding hydrogens is 274 g/mol. The van der Waals surface area contributed by atoms with Gasteiger partial charge in [0, 0.05) is 38.4 Å². The third-order valence-electron chi connectivity index (χ3n) is 3.61. The second-order valence-corrected chi connectivity index (χ2v) is 7.23. The van der Waals surface area contributed by atoms with E-state index in [1.54, 1.807) is 11.4 Å². The Bertz CT molecular complexity index is 537. The molecule has 1 aliphatic rings. The lowest BCUT2D eigenvalue weighted by molar-refractivity contribution is 0.384. The minimum Gasteiger partial charge on any atom is -0.369 e. The van der Waals surface area contributed by atoms with Crippen LogP contribution in [0.3, 0.4) is 0 Å². The molecule has 1 N–H and O–H groups in total. The topological polar surface area (TPSA) is 52.7 Å². The van der Waals surface area contributed by atoms with Crippen molar-refractivity contribution in [3.8, 4) is 0 Å². The first-order valence-electron chi connectivity index (χ1n) is 6.97. The van der Waals surface area contributed by atoms with Gasteiger partial charge in [0.2, 0.25) is 10.0 Å². The van der Waals surface area contributed by atoms with Crippen LogP contribution in [0, 0.1) is 6.92 Å². The van der Waals surface area contributed by atoms with Gasteiger partial charge >= 0.3 is 0 Å². The zero-order valence-electron chi connectivity index (χ0n) is 12.2. The molecule has 1 aromatic rings. The molecule has 6 heteroatoms. The van der Waals surface area contributed by atoms with Gasteiger partial charge < -0.3 is 10.2 Å². The molecule has 1 saturated heterocycles. The first kappa shape index (κ1) is 15.3. The van der Waals surface area contributed by atoms with Crippen molar-refractivity contribution in [2.45, 2.75) is 6.92 Å². The molecule has 0 unspecified atom stereocenters. The maximum Gasteiger partial charge on any atom is 0.215 e. The lowest BCUT2D eigenvalue weighted by Gasteiger charge is -2.35. The standard InChI is InChI=1S/C14H23N3O2S/c1-13-4-3-5-14(12-13)16-7-9-17(10-8-16)20(18,19)11-6-15-2/h3-5,12,15H,6-11H2,1-2H3. The zero-order chi connectivity index (χ0) is 14.6. The average molecular weight is 297 g/mol. The van der Waals surface area contributed by atoms with E-state index in [1.165, 1.54) is 11.3 Å². The number of aryl methyl sites for hydroxylation is 1. The fourth-order valence-electron chi connectivity index (χ4n) is 2.41. The summed E-state index contributed by atoms with van der Waals surface area (Å²) in [6.07, 6.45) is 0. The van der Waals surface area contributed by atoms with E-state index in [4.69, 9.17) is 0 Å². The number of hydrogen-bond acceptors (Lipinski definition) is 4. The van der Waals surface area contributed by atoms with Crippen molar-refractivity contribution < 1.29 is 8.42 Å². The predicted molar refractivity (Wildman–Crippen MR) is 82.7 cm³/mol. The van der Waals surface area contributed by atoms with E-state index in [0.717, 1.165) is 13.1 Å². The second-order valence-electron chi connectivity index (χ2n) is 5.14. The summed E-state index contributed by atoms with van der Waals surface area (Å²) < 4.78 is 25.8. The Balaban J connectivity index is 1.95. The summed E-state index contributed by atoms with van der Waals surface area (Å²) in [5.41, 5.74) is 2.41. The Hall–Kier alpha value is -1.11. The Labute approximate surface area is 121 Å². The van der Waals surface area contributed by atoms with Crippen molar-refractivity contribution in [1.82, 2.24) is 9.62 Å². The smallest absolute Gasteiger partial charge is 0.215 e. The lowest BCUT2D eigenvalue weighted by Crippen LogP contribution is -2.50. The third-order valence-corrected chi connectivity index (χ3v) is 5.48. The monoisotopic (exact) mass is 297 g/mol. The molecule has 1 fully saturated rings. The third kappa shape index (κ3) is 3.71. The summed E-state index contributed by atoms with van der Waals surface area (Å²) in [5.74, 6) is 0.175. The van der Waals surface area contributed by atoms with Gasteiger partial charge in [-0.2, -0.15) is 4.31 Å². The maximum atomic E-state index is 12.1. The number of piperazine rings is 1. The molecule has 0 bridgehead atoms. The molecule has 1 aromatic carbocycles. The molecule has 0 spiro atoms.